The number of alkyl halides is 2. The summed E-state index contributed by atoms with van der Waals surface area (Å²) in [5.74, 6) is -4.31. The molecule has 0 saturated carbocycles. The van der Waals surface area contributed by atoms with Crippen LogP contribution < -0.4 is 4.90 Å². The van der Waals surface area contributed by atoms with Crippen LogP contribution in [-0.4, -0.2) is 66.7 Å². The molecule has 3 rings (SSSR count). The maximum Gasteiger partial charge on any atom is 0.305 e. The Morgan fingerprint density at radius 3 is 2.76 bits per heavy atom. The van der Waals surface area contributed by atoms with Crippen molar-refractivity contribution in [3.05, 3.63) is 23.5 Å². The molecule has 1 aliphatic rings. The minimum absolute atomic E-state index is 0.123. The normalized spacial score (nSPS) is 18.1. The number of anilines is 1. The van der Waals surface area contributed by atoms with Crippen molar-refractivity contribution < 1.29 is 30.9 Å². The van der Waals surface area contributed by atoms with Crippen molar-refractivity contribution in [2.75, 3.05) is 31.4 Å². The first-order valence-corrected chi connectivity index (χ1v) is 11.6. The van der Waals surface area contributed by atoms with Gasteiger partial charge in [0.15, 0.2) is 5.69 Å². The van der Waals surface area contributed by atoms with Crippen molar-refractivity contribution in [1.82, 2.24) is 20.0 Å². The topological polar surface area (TPSA) is 140 Å². The molecule has 33 heavy (non-hydrogen) atoms. The number of hydrogen-bond donors (Lipinski definition) is 0. The number of ether oxygens (including phenoxy) is 1. The lowest BCUT2D eigenvalue weighted by Gasteiger charge is -2.38. The highest BCUT2D eigenvalue weighted by atomic mass is 32.2. The highest BCUT2D eigenvalue weighted by Crippen LogP contribution is 2.36. The number of hydrogen-bond acceptors (Lipinski definition) is 10. The number of nitrogens with zero attached hydrogens (tertiary/aromatic N) is 6. The fourth-order valence-electron chi connectivity index (χ4n) is 3.67. The maximum atomic E-state index is 14.4. The zero-order valence-corrected chi connectivity index (χ0v) is 19.0. The number of rotatable bonds is 7. The van der Waals surface area contributed by atoms with Gasteiger partial charge < -0.3 is 9.64 Å². The molecule has 2 aromatic rings. The van der Waals surface area contributed by atoms with Gasteiger partial charge in [0.2, 0.25) is 0 Å². The molecule has 0 bridgehead atoms. The molecular weight excluding hydrogens is 462 g/mol. The number of aryl methyl sites for hydroxylation is 1. The predicted molar refractivity (Wildman–Crippen MR) is 110 cm³/mol. The van der Waals surface area contributed by atoms with Crippen molar-refractivity contribution in [1.29, 1.82) is 5.26 Å². The molecular formula is C19H22F2N6O5S. The Kier molecular flexibility index (Phi) is 6.94. The van der Waals surface area contributed by atoms with Gasteiger partial charge in [-0.05, 0) is 18.1 Å². The van der Waals surface area contributed by atoms with E-state index in [1.807, 2.05) is 6.07 Å². The smallest absolute Gasteiger partial charge is 0.305 e. The van der Waals surface area contributed by atoms with Gasteiger partial charge >= 0.3 is 5.97 Å². The SMILES string of the molecule is COC(=O)C[C@@H]1CN(c2ccc(-c3nnn(C)c3COS(C)(=O)=O)nc2C#N)CC(F)(F)C1. The van der Waals surface area contributed by atoms with Crippen LogP contribution in [0.25, 0.3) is 11.4 Å². The van der Waals surface area contributed by atoms with Gasteiger partial charge in [-0.3, -0.25) is 8.98 Å². The molecule has 1 saturated heterocycles. The van der Waals surface area contributed by atoms with Crippen molar-refractivity contribution in [2.24, 2.45) is 13.0 Å². The lowest BCUT2D eigenvalue weighted by molar-refractivity contribution is -0.142. The molecule has 1 fully saturated rings. The number of methoxy groups -OCH3 is 1. The van der Waals surface area contributed by atoms with Gasteiger partial charge in [-0.25, -0.2) is 18.4 Å². The standard InChI is InChI=1S/C19H22F2N6O5S/c1-26-16(10-32-33(3,29)30)18(24-25-26)13-4-5-15(14(8-22)23-13)27-9-12(6-17(28)31-2)7-19(20,21)11-27/h4-5,12H,6-7,9-11H2,1-3H3/t12-/m0/s1. The number of esters is 1. The summed E-state index contributed by atoms with van der Waals surface area (Å²) in [7, 11) is -1.000. The Morgan fingerprint density at radius 2 is 2.12 bits per heavy atom. The van der Waals surface area contributed by atoms with E-state index in [4.69, 9.17) is 4.18 Å². The fourth-order valence-corrected chi connectivity index (χ4v) is 3.99. The molecule has 0 radical (unpaired) electrons. The van der Waals surface area contributed by atoms with Crippen molar-refractivity contribution in [3.63, 3.8) is 0 Å². The second-order valence-electron chi connectivity index (χ2n) is 7.74. The molecule has 178 valence electrons. The summed E-state index contributed by atoms with van der Waals surface area (Å²) < 4.78 is 62.2. The van der Waals surface area contributed by atoms with Crippen LogP contribution >= 0.6 is 0 Å². The monoisotopic (exact) mass is 484 g/mol. The molecule has 0 aromatic carbocycles. The summed E-state index contributed by atoms with van der Waals surface area (Å²) in [6.07, 6.45) is 0.272. The minimum Gasteiger partial charge on any atom is -0.469 e. The van der Waals surface area contributed by atoms with Crippen molar-refractivity contribution in [3.8, 4) is 17.5 Å². The predicted octanol–water partition coefficient (Wildman–Crippen LogP) is 1.25. The summed E-state index contributed by atoms with van der Waals surface area (Å²) in [5, 5.41) is 17.4. The molecule has 0 spiro atoms. The quantitative estimate of drug-likeness (QED) is 0.416. The van der Waals surface area contributed by atoms with Crippen LogP contribution in [0.2, 0.25) is 0 Å². The second-order valence-corrected chi connectivity index (χ2v) is 9.38. The Morgan fingerprint density at radius 1 is 1.39 bits per heavy atom. The maximum absolute atomic E-state index is 14.4. The molecule has 0 aliphatic carbocycles. The fraction of sp³-hybridized carbons (Fsp3) is 0.526. The zero-order valence-electron chi connectivity index (χ0n) is 18.2. The van der Waals surface area contributed by atoms with Crippen LogP contribution in [0, 0.1) is 17.2 Å². The van der Waals surface area contributed by atoms with E-state index in [-0.39, 0.29) is 42.3 Å². The van der Waals surface area contributed by atoms with E-state index in [0.717, 1.165) is 6.26 Å². The second kappa shape index (κ2) is 9.36. The van der Waals surface area contributed by atoms with E-state index in [0.29, 0.717) is 5.69 Å². The molecule has 0 amide bonds. The van der Waals surface area contributed by atoms with E-state index < -0.39 is 40.9 Å². The number of halogens is 2. The van der Waals surface area contributed by atoms with Crippen LogP contribution in [0.1, 0.15) is 24.2 Å². The van der Waals surface area contributed by atoms with Crippen LogP contribution in [0.4, 0.5) is 14.5 Å². The molecule has 1 aliphatic heterocycles. The first-order valence-electron chi connectivity index (χ1n) is 9.76. The summed E-state index contributed by atoms with van der Waals surface area (Å²) in [5.41, 5.74) is 0.755. The highest BCUT2D eigenvalue weighted by molar-refractivity contribution is 7.85. The molecule has 1 atom stereocenters. The summed E-state index contributed by atoms with van der Waals surface area (Å²) >= 11 is 0. The van der Waals surface area contributed by atoms with Crippen molar-refractivity contribution >= 4 is 21.8 Å². The van der Waals surface area contributed by atoms with Gasteiger partial charge in [0.1, 0.15) is 18.4 Å². The van der Waals surface area contributed by atoms with Gasteiger partial charge in [0, 0.05) is 20.0 Å². The molecule has 0 N–H and O–H groups in total. The van der Waals surface area contributed by atoms with E-state index in [9.17, 15) is 27.3 Å². The third-order valence-corrected chi connectivity index (χ3v) is 5.63. The van der Waals surface area contributed by atoms with E-state index in [1.165, 1.54) is 35.9 Å². The summed E-state index contributed by atoms with van der Waals surface area (Å²) in [4.78, 5) is 17.2. The van der Waals surface area contributed by atoms with Gasteiger partial charge in [0.05, 0.1) is 43.4 Å². The molecule has 0 unspecified atom stereocenters. The minimum atomic E-state index is -3.73. The third kappa shape index (κ3) is 5.99. The van der Waals surface area contributed by atoms with Crippen LogP contribution in [-0.2, 0) is 37.5 Å². The van der Waals surface area contributed by atoms with Crippen molar-refractivity contribution in [2.45, 2.75) is 25.4 Å². The Balaban J connectivity index is 1.92. The first-order chi connectivity index (χ1) is 15.4. The summed E-state index contributed by atoms with van der Waals surface area (Å²) in [6, 6.07) is 4.85. The van der Waals surface area contributed by atoms with Crippen LogP contribution in [0.5, 0.6) is 0 Å². The van der Waals surface area contributed by atoms with E-state index in [2.05, 4.69) is 20.0 Å². The van der Waals surface area contributed by atoms with Crippen LogP contribution in [0.3, 0.4) is 0 Å². The lowest BCUT2D eigenvalue weighted by atomic mass is 9.91. The molecule has 14 heteroatoms. The molecule has 2 aromatic heterocycles. The number of pyridine rings is 1. The number of nitriles is 1. The number of carbonyl (C=O) groups excluding carboxylic acids is 1. The molecule has 3 heterocycles. The van der Waals surface area contributed by atoms with Gasteiger partial charge in [-0.2, -0.15) is 13.7 Å². The van der Waals surface area contributed by atoms with Crippen LogP contribution in [0.15, 0.2) is 12.1 Å². The zero-order chi connectivity index (χ0) is 24.4. The average Bonchev–Trinajstić information content (AvgIpc) is 3.10. The van der Waals surface area contributed by atoms with E-state index >= 15 is 0 Å². The molecule has 11 nitrogen and oxygen atoms in total. The first kappa shape index (κ1) is 24.5. The Bertz CT molecular complexity index is 1190. The van der Waals surface area contributed by atoms with Gasteiger partial charge in [-0.1, -0.05) is 5.21 Å². The number of carbonyl (C=O) groups is 1. The lowest BCUT2D eigenvalue weighted by Crippen LogP contribution is -2.48. The highest BCUT2D eigenvalue weighted by Gasteiger charge is 2.41. The largest absolute Gasteiger partial charge is 0.469 e. The Labute approximate surface area is 189 Å². The third-order valence-electron chi connectivity index (χ3n) is 5.09. The average molecular weight is 484 g/mol. The van der Waals surface area contributed by atoms with E-state index in [1.54, 1.807) is 0 Å². The summed E-state index contributed by atoms with van der Waals surface area (Å²) in [6.45, 7) is -0.853. The van der Waals surface area contributed by atoms with Gasteiger partial charge in [-0.15, -0.1) is 5.10 Å². The number of aromatic nitrogens is 4. The van der Waals surface area contributed by atoms with Gasteiger partial charge in [0.25, 0.3) is 16.0 Å². The number of piperidine rings is 1. The Hall–Kier alpha value is -3.18.